The molecule has 0 radical (unpaired) electrons. The van der Waals surface area contributed by atoms with Crippen molar-refractivity contribution in [2.45, 2.75) is 12.7 Å². The number of furan rings is 1. The second-order valence-corrected chi connectivity index (χ2v) is 2.98. The molecule has 2 aromatic rings. The first-order valence-corrected chi connectivity index (χ1v) is 4.19. The van der Waals surface area contributed by atoms with Gasteiger partial charge in [0.25, 0.3) is 0 Å². The van der Waals surface area contributed by atoms with Crippen LogP contribution >= 0.6 is 0 Å². The zero-order valence-electron chi connectivity index (χ0n) is 7.53. The number of nitrogens with zero attached hydrogens (tertiary/aromatic N) is 2. The molecule has 2 heterocycles. The van der Waals surface area contributed by atoms with Crippen LogP contribution in [-0.4, -0.2) is 9.78 Å². The molecule has 6 heteroatoms. The average Bonchev–Trinajstić information content (AvgIpc) is 2.73. The van der Waals surface area contributed by atoms with Gasteiger partial charge in [-0.25, -0.2) is 0 Å². The average molecular weight is 216 g/mol. The summed E-state index contributed by atoms with van der Waals surface area (Å²) in [5.74, 6) is 0.562. The van der Waals surface area contributed by atoms with Crippen LogP contribution in [0.3, 0.4) is 0 Å². The predicted molar refractivity (Wildman–Crippen MR) is 45.0 cm³/mol. The van der Waals surface area contributed by atoms with Crippen LogP contribution in [0.25, 0.3) is 0 Å². The quantitative estimate of drug-likeness (QED) is 0.772. The summed E-state index contributed by atoms with van der Waals surface area (Å²) in [6.07, 6.45) is -1.66. The first kappa shape index (κ1) is 9.82. The number of rotatable bonds is 2. The minimum atomic E-state index is -4.39. The maximum absolute atomic E-state index is 12.2. The van der Waals surface area contributed by atoms with Crippen LogP contribution in [0.5, 0.6) is 0 Å². The summed E-state index contributed by atoms with van der Waals surface area (Å²) in [6.45, 7) is 0.198. The van der Waals surface area contributed by atoms with Crippen molar-refractivity contribution in [3.05, 3.63) is 42.1 Å². The molecule has 0 atom stereocenters. The second-order valence-electron chi connectivity index (χ2n) is 2.98. The molecule has 0 aliphatic carbocycles. The molecule has 0 spiro atoms. The first-order chi connectivity index (χ1) is 7.05. The minimum absolute atomic E-state index is 0.198. The van der Waals surface area contributed by atoms with E-state index in [-0.39, 0.29) is 6.54 Å². The van der Waals surface area contributed by atoms with E-state index in [1.807, 2.05) is 0 Å². The molecule has 3 nitrogen and oxygen atoms in total. The van der Waals surface area contributed by atoms with E-state index >= 15 is 0 Å². The van der Waals surface area contributed by atoms with Crippen molar-refractivity contribution in [2.24, 2.45) is 0 Å². The zero-order valence-corrected chi connectivity index (χ0v) is 7.53. The molecule has 0 saturated heterocycles. The highest BCUT2D eigenvalue weighted by atomic mass is 19.4. The minimum Gasteiger partial charge on any atom is -0.467 e. The smallest absolute Gasteiger partial charge is 0.435 e. The second kappa shape index (κ2) is 3.45. The van der Waals surface area contributed by atoms with Crippen molar-refractivity contribution < 1.29 is 17.6 Å². The van der Waals surface area contributed by atoms with Gasteiger partial charge in [0, 0.05) is 6.20 Å². The van der Waals surface area contributed by atoms with E-state index in [0.29, 0.717) is 5.76 Å². The summed E-state index contributed by atoms with van der Waals surface area (Å²) in [5.41, 5.74) is -0.894. The fraction of sp³-hybridized carbons (Fsp3) is 0.222. The van der Waals surface area contributed by atoms with Crippen molar-refractivity contribution in [1.29, 1.82) is 0 Å². The summed E-state index contributed by atoms with van der Waals surface area (Å²) >= 11 is 0. The molecule has 0 amide bonds. The molecule has 15 heavy (non-hydrogen) atoms. The Bertz CT molecular complexity index is 430. The van der Waals surface area contributed by atoms with E-state index in [2.05, 4.69) is 5.10 Å². The van der Waals surface area contributed by atoms with Gasteiger partial charge < -0.3 is 4.42 Å². The molecule has 2 aromatic heterocycles. The lowest BCUT2D eigenvalue weighted by Crippen LogP contribution is -2.08. The van der Waals surface area contributed by atoms with Crippen molar-refractivity contribution in [1.82, 2.24) is 9.78 Å². The summed E-state index contributed by atoms with van der Waals surface area (Å²) in [7, 11) is 0. The molecule has 80 valence electrons. The number of alkyl halides is 3. The van der Waals surface area contributed by atoms with Gasteiger partial charge in [-0.2, -0.15) is 18.3 Å². The maximum atomic E-state index is 12.2. The molecular formula is C9H7F3N2O. The number of halogens is 3. The largest absolute Gasteiger partial charge is 0.467 e. The van der Waals surface area contributed by atoms with Gasteiger partial charge in [-0.15, -0.1) is 0 Å². The third kappa shape index (κ3) is 2.20. The van der Waals surface area contributed by atoms with Gasteiger partial charge in [0.1, 0.15) is 5.76 Å². The van der Waals surface area contributed by atoms with E-state index in [4.69, 9.17) is 4.42 Å². The molecule has 2 rings (SSSR count). The van der Waals surface area contributed by atoms with E-state index in [0.717, 1.165) is 6.07 Å². The standard InChI is InChI=1S/C9H7F3N2O/c10-9(11,12)8-3-4-14(13-8)6-7-2-1-5-15-7/h1-5H,6H2. The molecule has 0 aliphatic heterocycles. The third-order valence-corrected chi connectivity index (χ3v) is 1.83. The number of hydrogen-bond acceptors (Lipinski definition) is 2. The zero-order chi connectivity index (χ0) is 10.9. The van der Waals surface area contributed by atoms with Crippen LogP contribution in [-0.2, 0) is 12.7 Å². The van der Waals surface area contributed by atoms with Gasteiger partial charge >= 0.3 is 6.18 Å². The van der Waals surface area contributed by atoms with Crippen molar-refractivity contribution in [3.63, 3.8) is 0 Å². The van der Waals surface area contributed by atoms with E-state index < -0.39 is 11.9 Å². The topological polar surface area (TPSA) is 31.0 Å². The summed E-state index contributed by atoms with van der Waals surface area (Å²) in [5, 5.41) is 3.39. The molecule has 0 fully saturated rings. The molecule has 0 aromatic carbocycles. The van der Waals surface area contributed by atoms with E-state index in [9.17, 15) is 13.2 Å². The Morgan fingerprint density at radius 3 is 2.67 bits per heavy atom. The van der Waals surface area contributed by atoms with Crippen LogP contribution in [0.4, 0.5) is 13.2 Å². The summed E-state index contributed by atoms with van der Waals surface area (Å²) < 4.78 is 42.7. The monoisotopic (exact) mass is 216 g/mol. The Morgan fingerprint density at radius 2 is 2.13 bits per heavy atom. The highest BCUT2D eigenvalue weighted by molar-refractivity contribution is 5.05. The highest BCUT2D eigenvalue weighted by Crippen LogP contribution is 2.27. The Morgan fingerprint density at radius 1 is 1.33 bits per heavy atom. The first-order valence-electron chi connectivity index (χ1n) is 4.19. The van der Waals surface area contributed by atoms with Gasteiger partial charge in [0.2, 0.25) is 0 Å². The fourth-order valence-corrected chi connectivity index (χ4v) is 1.16. The Hall–Kier alpha value is -1.72. The Kier molecular flexibility index (Phi) is 2.26. The van der Waals surface area contributed by atoms with Gasteiger partial charge in [-0.05, 0) is 18.2 Å². The van der Waals surface area contributed by atoms with E-state index in [1.165, 1.54) is 17.1 Å². The van der Waals surface area contributed by atoms with Gasteiger partial charge in [0.15, 0.2) is 5.69 Å². The molecule has 0 saturated carbocycles. The van der Waals surface area contributed by atoms with Gasteiger partial charge in [0.05, 0.1) is 12.8 Å². The van der Waals surface area contributed by atoms with Crippen LogP contribution in [0.1, 0.15) is 11.5 Å². The number of aromatic nitrogens is 2. The van der Waals surface area contributed by atoms with Gasteiger partial charge in [-0.1, -0.05) is 0 Å². The van der Waals surface area contributed by atoms with Crippen LogP contribution in [0.2, 0.25) is 0 Å². The summed E-state index contributed by atoms with van der Waals surface area (Å²) in [6, 6.07) is 4.28. The Balaban J connectivity index is 2.15. The lowest BCUT2D eigenvalue weighted by Gasteiger charge is -2.01. The number of hydrogen-bond donors (Lipinski definition) is 0. The molecule has 0 N–H and O–H groups in total. The van der Waals surface area contributed by atoms with Crippen molar-refractivity contribution in [3.8, 4) is 0 Å². The molecule has 0 bridgehead atoms. The molecule has 0 unspecified atom stereocenters. The fourth-order valence-electron chi connectivity index (χ4n) is 1.16. The molecular weight excluding hydrogens is 209 g/mol. The molecule has 0 aliphatic rings. The SMILES string of the molecule is FC(F)(F)c1ccn(Cc2ccco2)n1. The highest BCUT2D eigenvalue weighted by Gasteiger charge is 2.33. The van der Waals surface area contributed by atoms with Crippen molar-refractivity contribution in [2.75, 3.05) is 0 Å². The normalized spacial score (nSPS) is 11.9. The third-order valence-electron chi connectivity index (χ3n) is 1.83. The van der Waals surface area contributed by atoms with Gasteiger partial charge in [-0.3, -0.25) is 4.68 Å². The lowest BCUT2D eigenvalue weighted by molar-refractivity contribution is -0.141. The lowest BCUT2D eigenvalue weighted by atomic mass is 10.4. The maximum Gasteiger partial charge on any atom is 0.435 e. The summed E-state index contributed by atoms with van der Waals surface area (Å²) in [4.78, 5) is 0. The van der Waals surface area contributed by atoms with E-state index in [1.54, 1.807) is 12.1 Å². The van der Waals surface area contributed by atoms with Crippen LogP contribution in [0.15, 0.2) is 35.1 Å². The predicted octanol–water partition coefficient (Wildman–Crippen LogP) is 2.54. The Labute approximate surface area is 83.1 Å². The van der Waals surface area contributed by atoms with Crippen LogP contribution < -0.4 is 0 Å². The van der Waals surface area contributed by atoms with Crippen molar-refractivity contribution >= 4 is 0 Å². The van der Waals surface area contributed by atoms with Crippen LogP contribution in [0, 0.1) is 0 Å².